The molecule has 0 radical (unpaired) electrons. The van der Waals surface area contributed by atoms with Crippen molar-refractivity contribution >= 4 is 27.0 Å². The number of rotatable bonds is 0. The van der Waals surface area contributed by atoms with Crippen LogP contribution in [0.4, 0.5) is 0 Å². The van der Waals surface area contributed by atoms with E-state index in [1.807, 2.05) is 6.20 Å². The van der Waals surface area contributed by atoms with Crippen molar-refractivity contribution in [1.29, 1.82) is 0 Å². The van der Waals surface area contributed by atoms with E-state index in [-0.39, 0.29) is 0 Å². The minimum absolute atomic E-state index is 0.826. The topological polar surface area (TPSA) is 41.6 Å². The number of aromatic nitrogens is 3. The summed E-state index contributed by atoms with van der Waals surface area (Å²) in [5.41, 5.74) is 3.63. The Bertz CT molecular complexity index is 475. The minimum Gasteiger partial charge on any atom is -0.269 e. The van der Waals surface area contributed by atoms with E-state index in [4.69, 9.17) is 0 Å². The summed E-state index contributed by atoms with van der Waals surface area (Å²) in [7, 11) is 0. The molecule has 2 aromatic rings. The highest BCUT2D eigenvalue weighted by Gasteiger charge is 2.17. The largest absolute Gasteiger partial charge is 0.269 e. The number of nitrogens with zero attached hydrogens (tertiary/aromatic N) is 2. The fourth-order valence-corrected chi connectivity index (χ4v) is 2.51. The van der Waals surface area contributed by atoms with Crippen molar-refractivity contribution < 1.29 is 0 Å². The number of aromatic amines is 1. The zero-order chi connectivity index (χ0) is 8.84. The lowest BCUT2D eigenvalue weighted by atomic mass is 10.1. The van der Waals surface area contributed by atoms with Crippen molar-refractivity contribution in [2.24, 2.45) is 0 Å². The van der Waals surface area contributed by atoms with E-state index >= 15 is 0 Å². The van der Waals surface area contributed by atoms with E-state index in [1.54, 1.807) is 0 Å². The average Bonchev–Trinajstić information content (AvgIpc) is 2.70. The van der Waals surface area contributed by atoms with Gasteiger partial charge in [0.15, 0.2) is 5.65 Å². The fraction of sp³-hybridized carbons (Fsp3) is 0.333. The zero-order valence-electron chi connectivity index (χ0n) is 6.97. The second-order valence-electron chi connectivity index (χ2n) is 3.35. The number of halogens is 1. The number of fused-ring (bicyclic) bond motifs is 3. The van der Waals surface area contributed by atoms with Crippen molar-refractivity contribution in [3.63, 3.8) is 0 Å². The molecule has 13 heavy (non-hydrogen) atoms. The summed E-state index contributed by atoms with van der Waals surface area (Å²) in [5, 5.41) is 8.20. The molecular weight excluding hydrogens is 230 g/mol. The second kappa shape index (κ2) is 2.54. The monoisotopic (exact) mass is 237 g/mol. The Hall–Kier alpha value is -0.900. The number of pyridine rings is 1. The van der Waals surface area contributed by atoms with Crippen molar-refractivity contribution in [2.45, 2.75) is 19.3 Å². The lowest BCUT2D eigenvalue weighted by Gasteiger charge is -1.98. The molecule has 3 nitrogen and oxygen atoms in total. The first-order chi connectivity index (χ1) is 6.36. The van der Waals surface area contributed by atoms with E-state index in [9.17, 15) is 0 Å². The summed E-state index contributed by atoms with van der Waals surface area (Å²) in [4.78, 5) is 4.30. The second-order valence-corrected chi connectivity index (χ2v) is 4.14. The lowest BCUT2D eigenvalue weighted by Crippen LogP contribution is -1.86. The third kappa shape index (κ3) is 0.950. The molecule has 66 valence electrons. The molecule has 1 N–H and O–H groups in total. The van der Waals surface area contributed by atoms with Gasteiger partial charge in [0.2, 0.25) is 0 Å². The maximum atomic E-state index is 4.30. The predicted molar refractivity (Wildman–Crippen MR) is 53.6 cm³/mol. The molecule has 1 aliphatic rings. The smallest absolute Gasteiger partial charge is 0.182 e. The molecular formula is C9H8BrN3. The Labute approximate surface area is 83.7 Å². The fourth-order valence-electron chi connectivity index (χ4n) is 2.01. The van der Waals surface area contributed by atoms with Gasteiger partial charge in [0.1, 0.15) is 4.60 Å². The first-order valence-corrected chi connectivity index (χ1v) is 5.16. The third-order valence-electron chi connectivity index (χ3n) is 2.61. The van der Waals surface area contributed by atoms with Gasteiger partial charge in [-0.15, -0.1) is 0 Å². The highest BCUT2D eigenvalue weighted by atomic mass is 79.9. The Balaban J connectivity index is 2.47. The van der Waals surface area contributed by atoms with Crippen LogP contribution in [0, 0.1) is 0 Å². The van der Waals surface area contributed by atoms with Gasteiger partial charge in [-0.25, -0.2) is 4.98 Å². The predicted octanol–water partition coefficient (Wildman–Crippen LogP) is 2.21. The summed E-state index contributed by atoms with van der Waals surface area (Å²) in [6, 6.07) is 0. The maximum Gasteiger partial charge on any atom is 0.182 e. The standard InChI is InChI=1S/C9H8BrN3/c10-8-7-6-3-1-2-5(6)4-11-9(7)13-12-8/h4H,1-3H2,(H,11,12,13). The number of hydrogen-bond donors (Lipinski definition) is 1. The SMILES string of the molecule is Brc1[nH]nc2ncc3c(c12)CCC3. The van der Waals surface area contributed by atoms with Crippen molar-refractivity contribution in [1.82, 2.24) is 15.2 Å². The summed E-state index contributed by atoms with van der Waals surface area (Å²) < 4.78 is 0.966. The van der Waals surface area contributed by atoms with Gasteiger partial charge in [0.25, 0.3) is 0 Å². The molecule has 0 atom stereocenters. The van der Waals surface area contributed by atoms with E-state index < -0.39 is 0 Å². The molecule has 0 saturated heterocycles. The van der Waals surface area contributed by atoms with Gasteiger partial charge in [-0.2, -0.15) is 5.10 Å². The van der Waals surface area contributed by atoms with E-state index in [1.165, 1.54) is 22.9 Å². The molecule has 0 spiro atoms. The molecule has 0 aromatic carbocycles. The van der Waals surface area contributed by atoms with E-state index in [2.05, 4.69) is 31.1 Å². The van der Waals surface area contributed by atoms with Crippen molar-refractivity contribution in [2.75, 3.05) is 0 Å². The summed E-state index contributed by atoms with van der Waals surface area (Å²) in [6.45, 7) is 0. The van der Waals surface area contributed by atoms with Crippen LogP contribution in [-0.2, 0) is 12.8 Å². The van der Waals surface area contributed by atoms with Gasteiger partial charge in [-0.1, -0.05) is 0 Å². The Morgan fingerprint density at radius 1 is 1.38 bits per heavy atom. The molecule has 0 aliphatic heterocycles. The molecule has 2 heterocycles. The van der Waals surface area contributed by atoms with Gasteiger partial charge in [0, 0.05) is 6.20 Å². The van der Waals surface area contributed by atoms with Crippen LogP contribution in [0.1, 0.15) is 17.5 Å². The zero-order valence-corrected chi connectivity index (χ0v) is 8.56. The van der Waals surface area contributed by atoms with Gasteiger partial charge >= 0.3 is 0 Å². The Kier molecular flexibility index (Phi) is 1.47. The number of aryl methyl sites for hydroxylation is 2. The van der Waals surface area contributed by atoms with E-state index in [0.29, 0.717) is 0 Å². The highest BCUT2D eigenvalue weighted by Crippen LogP contribution is 2.31. The first-order valence-electron chi connectivity index (χ1n) is 4.36. The van der Waals surface area contributed by atoms with Crippen molar-refractivity contribution in [3.8, 4) is 0 Å². The molecule has 4 heteroatoms. The van der Waals surface area contributed by atoms with Gasteiger partial charge in [-0.05, 0) is 46.3 Å². The van der Waals surface area contributed by atoms with Crippen LogP contribution in [0.3, 0.4) is 0 Å². The van der Waals surface area contributed by atoms with Crippen LogP contribution in [0.25, 0.3) is 11.0 Å². The minimum atomic E-state index is 0.826. The third-order valence-corrected chi connectivity index (χ3v) is 3.18. The van der Waals surface area contributed by atoms with Gasteiger partial charge in [0.05, 0.1) is 5.39 Å². The molecule has 0 bridgehead atoms. The van der Waals surface area contributed by atoms with Crippen molar-refractivity contribution in [3.05, 3.63) is 21.9 Å². The number of hydrogen-bond acceptors (Lipinski definition) is 2. The molecule has 0 unspecified atom stereocenters. The Morgan fingerprint density at radius 3 is 3.23 bits per heavy atom. The lowest BCUT2D eigenvalue weighted by molar-refractivity contribution is 0.912. The highest BCUT2D eigenvalue weighted by molar-refractivity contribution is 9.10. The summed E-state index contributed by atoms with van der Waals surface area (Å²) >= 11 is 3.46. The number of H-pyrrole nitrogens is 1. The normalized spacial score (nSPS) is 15.2. The molecule has 3 rings (SSSR count). The van der Waals surface area contributed by atoms with Crippen LogP contribution in [0.15, 0.2) is 10.8 Å². The van der Waals surface area contributed by atoms with Crippen LogP contribution in [0.5, 0.6) is 0 Å². The number of nitrogens with one attached hydrogen (secondary N) is 1. The van der Waals surface area contributed by atoms with E-state index in [0.717, 1.165) is 23.1 Å². The van der Waals surface area contributed by atoms with Crippen LogP contribution in [-0.4, -0.2) is 15.2 Å². The van der Waals surface area contributed by atoms with Crippen LogP contribution < -0.4 is 0 Å². The van der Waals surface area contributed by atoms with Crippen LogP contribution >= 0.6 is 15.9 Å². The molecule has 0 fully saturated rings. The molecule has 0 amide bonds. The maximum absolute atomic E-state index is 4.30. The first kappa shape index (κ1) is 7.50. The van der Waals surface area contributed by atoms with Crippen LogP contribution in [0.2, 0.25) is 0 Å². The molecule has 1 aliphatic carbocycles. The average molecular weight is 238 g/mol. The molecule has 2 aromatic heterocycles. The summed E-state index contributed by atoms with van der Waals surface area (Å²) in [5.74, 6) is 0. The Morgan fingerprint density at radius 2 is 2.31 bits per heavy atom. The quantitative estimate of drug-likeness (QED) is 0.764. The summed E-state index contributed by atoms with van der Waals surface area (Å²) in [6.07, 6.45) is 5.52. The molecule has 0 saturated carbocycles. The van der Waals surface area contributed by atoms with Gasteiger partial charge < -0.3 is 0 Å². The van der Waals surface area contributed by atoms with Gasteiger partial charge in [-0.3, -0.25) is 5.10 Å².